The van der Waals surface area contributed by atoms with E-state index in [-0.39, 0.29) is 18.4 Å². The molecule has 0 bridgehead atoms. The number of hydrogen-bond acceptors (Lipinski definition) is 2. The van der Waals surface area contributed by atoms with Gasteiger partial charge in [-0.3, -0.25) is 4.39 Å². The van der Waals surface area contributed by atoms with Crippen LogP contribution in [0.2, 0.25) is 0 Å². The molecule has 15 heavy (non-hydrogen) atoms. The number of benzene rings is 1. The van der Waals surface area contributed by atoms with Gasteiger partial charge in [0.1, 0.15) is 5.75 Å². The molecule has 2 N–H and O–H groups in total. The Morgan fingerprint density at radius 2 is 2.20 bits per heavy atom. The number of methoxy groups -OCH3 is 1. The van der Waals surface area contributed by atoms with Crippen molar-refractivity contribution in [1.29, 1.82) is 0 Å². The van der Waals surface area contributed by atoms with Gasteiger partial charge in [0.25, 0.3) is 0 Å². The van der Waals surface area contributed by atoms with Gasteiger partial charge in [-0.25, -0.2) is 0 Å². The van der Waals surface area contributed by atoms with Gasteiger partial charge in [0.15, 0.2) is 0 Å². The van der Waals surface area contributed by atoms with Gasteiger partial charge in [0.2, 0.25) is 0 Å². The van der Waals surface area contributed by atoms with Gasteiger partial charge in [-0.15, -0.1) is 12.4 Å². The molecule has 0 saturated heterocycles. The summed E-state index contributed by atoms with van der Waals surface area (Å²) in [5.41, 5.74) is 6.68. The smallest absolute Gasteiger partial charge is 0.133 e. The van der Waals surface area contributed by atoms with Gasteiger partial charge in [-0.05, 0) is 40.0 Å². The molecule has 0 fully saturated rings. The van der Waals surface area contributed by atoms with E-state index in [2.05, 4.69) is 15.9 Å². The average molecular weight is 299 g/mol. The molecule has 0 heterocycles. The molecule has 86 valence electrons. The standard InChI is InChI=1S/C10H13BrFNO.ClH/c1-14-10-3-2-7(6-8(10)11)9(13)4-5-12;/h2-3,6,9H,4-5,13H2,1H3;1H/t9-;/m1./s1. The average Bonchev–Trinajstić information content (AvgIpc) is 2.18. The first kappa shape index (κ1) is 14.7. The molecule has 1 rings (SSSR count). The molecule has 0 aliphatic carbocycles. The molecule has 1 atom stereocenters. The van der Waals surface area contributed by atoms with Crippen LogP contribution in [0.1, 0.15) is 18.0 Å². The van der Waals surface area contributed by atoms with Gasteiger partial charge in [-0.2, -0.15) is 0 Å². The van der Waals surface area contributed by atoms with Crippen LogP contribution in [-0.4, -0.2) is 13.8 Å². The second-order valence-corrected chi connectivity index (χ2v) is 3.83. The zero-order valence-electron chi connectivity index (χ0n) is 8.37. The number of alkyl halides is 1. The Hall–Kier alpha value is -0.320. The van der Waals surface area contributed by atoms with Crippen LogP contribution in [0.5, 0.6) is 5.75 Å². The molecular formula is C10H14BrClFNO. The highest BCUT2D eigenvalue weighted by Gasteiger charge is 2.08. The van der Waals surface area contributed by atoms with E-state index in [0.29, 0.717) is 6.42 Å². The number of halogens is 3. The topological polar surface area (TPSA) is 35.2 Å². The van der Waals surface area contributed by atoms with Crippen molar-refractivity contribution in [3.63, 3.8) is 0 Å². The van der Waals surface area contributed by atoms with Crippen LogP contribution in [0.4, 0.5) is 4.39 Å². The summed E-state index contributed by atoms with van der Waals surface area (Å²) in [6, 6.07) is 5.28. The van der Waals surface area contributed by atoms with Gasteiger partial charge < -0.3 is 10.5 Å². The Kier molecular flexibility index (Phi) is 6.89. The number of nitrogens with two attached hydrogens (primary N) is 1. The molecule has 0 radical (unpaired) electrons. The lowest BCUT2D eigenvalue weighted by atomic mass is 10.1. The molecule has 0 aliphatic heterocycles. The summed E-state index contributed by atoms with van der Waals surface area (Å²) in [7, 11) is 1.60. The molecule has 0 aliphatic rings. The normalized spacial score (nSPS) is 11.7. The third kappa shape index (κ3) is 3.97. The highest BCUT2D eigenvalue weighted by molar-refractivity contribution is 9.10. The Morgan fingerprint density at radius 1 is 1.53 bits per heavy atom. The maximum absolute atomic E-state index is 12.1. The Labute approximate surface area is 104 Å². The highest BCUT2D eigenvalue weighted by atomic mass is 79.9. The second-order valence-electron chi connectivity index (χ2n) is 2.98. The van der Waals surface area contributed by atoms with E-state index in [4.69, 9.17) is 10.5 Å². The molecule has 1 aromatic carbocycles. The van der Waals surface area contributed by atoms with E-state index < -0.39 is 6.67 Å². The summed E-state index contributed by atoms with van der Waals surface area (Å²) < 4.78 is 18.0. The van der Waals surface area contributed by atoms with E-state index in [0.717, 1.165) is 15.8 Å². The van der Waals surface area contributed by atoms with E-state index >= 15 is 0 Å². The molecule has 0 unspecified atom stereocenters. The fourth-order valence-electron chi connectivity index (χ4n) is 1.20. The van der Waals surface area contributed by atoms with Crippen LogP contribution in [0.15, 0.2) is 22.7 Å². The summed E-state index contributed by atoms with van der Waals surface area (Å²) in [6.45, 7) is -0.398. The third-order valence-corrected chi connectivity index (χ3v) is 2.64. The fourth-order valence-corrected chi connectivity index (χ4v) is 1.76. The largest absolute Gasteiger partial charge is 0.496 e. The van der Waals surface area contributed by atoms with Gasteiger partial charge in [0.05, 0.1) is 18.3 Å². The summed E-state index contributed by atoms with van der Waals surface area (Å²) >= 11 is 3.35. The van der Waals surface area contributed by atoms with E-state index in [1.54, 1.807) is 7.11 Å². The zero-order valence-corrected chi connectivity index (χ0v) is 10.8. The molecule has 1 aromatic rings. The first-order valence-corrected chi connectivity index (χ1v) is 5.13. The molecule has 0 saturated carbocycles. The van der Waals surface area contributed by atoms with E-state index in [1.807, 2.05) is 18.2 Å². The number of rotatable bonds is 4. The Morgan fingerprint density at radius 3 is 2.67 bits per heavy atom. The zero-order chi connectivity index (χ0) is 10.6. The Bertz CT molecular complexity index is 311. The lowest BCUT2D eigenvalue weighted by molar-refractivity contribution is 0.411. The summed E-state index contributed by atoms with van der Waals surface area (Å²) in [5.74, 6) is 0.751. The first-order chi connectivity index (χ1) is 6.69. The molecule has 5 heteroatoms. The van der Waals surface area contributed by atoms with Crippen LogP contribution in [0.25, 0.3) is 0 Å². The predicted octanol–water partition coefficient (Wildman–Crippen LogP) is 3.24. The van der Waals surface area contributed by atoms with Crippen molar-refractivity contribution in [2.24, 2.45) is 5.73 Å². The van der Waals surface area contributed by atoms with Crippen molar-refractivity contribution >= 4 is 28.3 Å². The van der Waals surface area contributed by atoms with Crippen LogP contribution < -0.4 is 10.5 Å². The van der Waals surface area contributed by atoms with Crippen LogP contribution in [-0.2, 0) is 0 Å². The SMILES string of the molecule is COc1ccc([C@H](N)CCF)cc1Br.Cl. The maximum atomic E-state index is 12.1. The van der Waals surface area contributed by atoms with Crippen molar-refractivity contribution in [3.8, 4) is 5.75 Å². The minimum absolute atomic E-state index is 0. The van der Waals surface area contributed by atoms with Crippen LogP contribution in [0, 0.1) is 0 Å². The lowest BCUT2D eigenvalue weighted by Gasteiger charge is -2.11. The van der Waals surface area contributed by atoms with Crippen molar-refractivity contribution in [3.05, 3.63) is 28.2 Å². The minimum Gasteiger partial charge on any atom is -0.496 e. The van der Waals surface area contributed by atoms with Crippen LogP contribution in [0.3, 0.4) is 0 Å². The molecule has 0 spiro atoms. The fraction of sp³-hybridized carbons (Fsp3) is 0.400. The van der Waals surface area contributed by atoms with Crippen molar-refractivity contribution in [2.75, 3.05) is 13.8 Å². The quantitative estimate of drug-likeness (QED) is 0.926. The number of ether oxygens (including phenoxy) is 1. The van der Waals surface area contributed by atoms with Crippen molar-refractivity contribution in [2.45, 2.75) is 12.5 Å². The van der Waals surface area contributed by atoms with Gasteiger partial charge in [0, 0.05) is 6.04 Å². The summed E-state index contributed by atoms with van der Waals surface area (Å²) in [6.07, 6.45) is 0.346. The Balaban J connectivity index is 0.00000196. The predicted molar refractivity (Wildman–Crippen MR) is 65.5 cm³/mol. The summed E-state index contributed by atoms with van der Waals surface area (Å²) in [5, 5.41) is 0. The first-order valence-electron chi connectivity index (χ1n) is 4.34. The molecule has 2 nitrogen and oxygen atoms in total. The monoisotopic (exact) mass is 297 g/mol. The van der Waals surface area contributed by atoms with Crippen LogP contribution >= 0.6 is 28.3 Å². The molecule has 0 amide bonds. The maximum Gasteiger partial charge on any atom is 0.133 e. The molecular weight excluding hydrogens is 284 g/mol. The van der Waals surface area contributed by atoms with E-state index in [1.165, 1.54) is 0 Å². The van der Waals surface area contributed by atoms with Crippen molar-refractivity contribution in [1.82, 2.24) is 0 Å². The highest BCUT2D eigenvalue weighted by Crippen LogP contribution is 2.28. The lowest BCUT2D eigenvalue weighted by Crippen LogP contribution is -2.10. The summed E-state index contributed by atoms with van der Waals surface area (Å²) in [4.78, 5) is 0. The third-order valence-electron chi connectivity index (χ3n) is 2.02. The van der Waals surface area contributed by atoms with Gasteiger partial charge in [-0.1, -0.05) is 6.07 Å². The number of hydrogen-bond donors (Lipinski definition) is 1. The molecule has 0 aromatic heterocycles. The second kappa shape index (κ2) is 7.04. The van der Waals surface area contributed by atoms with Gasteiger partial charge >= 0.3 is 0 Å². The van der Waals surface area contributed by atoms with Crippen molar-refractivity contribution < 1.29 is 9.13 Å². The van der Waals surface area contributed by atoms with E-state index in [9.17, 15) is 4.39 Å². The minimum atomic E-state index is -0.398.